The number of aromatic nitrogens is 2. The number of hydrogen-bond donors (Lipinski definition) is 1. The predicted molar refractivity (Wildman–Crippen MR) is 150 cm³/mol. The molecule has 1 saturated heterocycles. The fourth-order valence-electron chi connectivity index (χ4n) is 4.92. The van der Waals surface area contributed by atoms with E-state index in [-0.39, 0.29) is 11.9 Å². The lowest BCUT2D eigenvalue weighted by Gasteiger charge is -2.34. The minimum atomic E-state index is -0.0507. The number of carbonyl (C=O) groups excluding carboxylic acids is 1. The van der Waals surface area contributed by atoms with Gasteiger partial charge >= 0.3 is 0 Å². The van der Waals surface area contributed by atoms with E-state index in [9.17, 15) is 4.79 Å². The molecule has 37 heavy (non-hydrogen) atoms. The molecule has 0 radical (unpaired) electrons. The van der Waals surface area contributed by atoms with Crippen LogP contribution in [0.3, 0.4) is 0 Å². The first-order valence-corrected chi connectivity index (χ1v) is 13.9. The van der Waals surface area contributed by atoms with Crippen LogP contribution in [0.2, 0.25) is 5.02 Å². The van der Waals surface area contributed by atoms with E-state index < -0.39 is 0 Å². The van der Waals surface area contributed by atoms with Gasteiger partial charge in [-0.2, -0.15) is 0 Å². The summed E-state index contributed by atoms with van der Waals surface area (Å²) >= 11 is 7.90. The summed E-state index contributed by atoms with van der Waals surface area (Å²) < 4.78 is 14.0. The maximum Gasteiger partial charge on any atom is 0.268 e. The van der Waals surface area contributed by atoms with Crippen molar-refractivity contribution in [2.75, 3.05) is 33.4 Å². The molecule has 1 aliphatic rings. The summed E-state index contributed by atoms with van der Waals surface area (Å²) in [6.45, 7) is 7.92. The normalized spacial score (nSPS) is 15.2. The summed E-state index contributed by atoms with van der Waals surface area (Å²) in [6, 6.07) is 12.6. The average Bonchev–Trinajstić information content (AvgIpc) is 3.45. The van der Waals surface area contributed by atoms with Crippen LogP contribution in [0.25, 0.3) is 21.0 Å². The van der Waals surface area contributed by atoms with E-state index in [0.29, 0.717) is 37.4 Å². The molecule has 0 atom stereocenters. The van der Waals surface area contributed by atoms with E-state index in [1.807, 2.05) is 30.3 Å². The number of pyridine rings is 1. The number of ether oxygens (including phenoxy) is 2. The van der Waals surface area contributed by atoms with Crippen molar-refractivity contribution < 1.29 is 14.3 Å². The van der Waals surface area contributed by atoms with Crippen molar-refractivity contribution >= 4 is 49.8 Å². The number of thiophene rings is 1. The van der Waals surface area contributed by atoms with E-state index in [1.54, 1.807) is 24.6 Å². The lowest BCUT2D eigenvalue weighted by molar-refractivity contribution is 0.0892. The molecular weight excluding hydrogens is 508 g/mol. The van der Waals surface area contributed by atoms with Crippen LogP contribution in [0.5, 0.6) is 5.88 Å². The Morgan fingerprint density at radius 2 is 1.97 bits per heavy atom. The number of hydrogen-bond acceptors (Lipinski definition) is 6. The Labute approximate surface area is 226 Å². The Morgan fingerprint density at radius 3 is 2.73 bits per heavy atom. The van der Waals surface area contributed by atoms with Gasteiger partial charge in [0, 0.05) is 58.3 Å². The standard InChI is InChI=1S/C28H33ClN4O3S/c1-18(2)32-8-6-22(7-9-32)31-28(34)24-13-20-14-27(36-11-10-35-3)30-16-25(20)33(24)17-23-12-19-4-5-21(29)15-26(19)37-23/h4-5,12-16,18,22H,6-11,17H2,1-3H3,(H,31,34). The van der Waals surface area contributed by atoms with Crippen molar-refractivity contribution in [3.05, 3.63) is 58.2 Å². The number of methoxy groups -OCH3 is 1. The zero-order valence-electron chi connectivity index (χ0n) is 21.5. The highest BCUT2D eigenvalue weighted by Crippen LogP contribution is 2.31. The quantitative estimate of drug-likeness (QED) is 0.281. The van der Waals surface area contributed by atoms with Gasteiger partial charge in [0.2, 0.25) is 5.88 Å². The fourth-order valence-corrected chi connectivity index (χ4v) is 6.25. The maximum absolute atomic E-state index is 13.6. The molecule has 1 aliphatic heterocycles. The van der Waals surface area contributed by atoms with Crippen LogP contribution in [0.1, 0.15) is 42.1 Å². The van der Waals surface area contributed by atoms with Gasteiger partial charge in [-0.1, -0.05) is 17.7 Å². The molecule has 196 valence electrons. The van der Waals surface area contributed by atoms with E-state index in [2.05, 4.69) is 39.7 Å². The smallest absolute Gasteiger partial charge is 0.268 e. The Bertz CT molecular complexity index is 1390. The Kier molecular flexibility index (Phi) is 8.00. The molecule has 0 unspecified atom stereocenters. The third kappa shape index (κ3) is 5.93. The fraction of sp³-hybridized carbons (Fsp3) is 0.429. The molecule has 1 fully saturated rings. The lowest BCUT2D eigenvalue weighted by Crippen LogP contribution is -2.46. The van der Waals surface area contributed by atoms with Crippen molar-refractivity contribution in [3.63, 3.8) is 0 Å². The number of carbonyl (C=O) groups is 1. The highest BCUT2D eigenvalue weighted by molar-refractivity contribution is 7.19. The lowest BCUT2D eigenvalue weighted by atomic mass is 10.0. The summed E-state index contributed by atoms with van der Waals surface area (Å²) in [5.41, 5.74) is 1.53. The van der Waals surface area contributed by atoms with E-state index in [1.165, 1.54) is 0 Å². The Morgan fingerprint density at radius 1 is 1.16 bits per heavy atom. The molecule has 3 aromatic heterocycles. The minimum absolute atomic E-state index is 0.0507. The second-order valence-corrected chi connectivity index (χ2v) is 11.4. The van der Waals surface area contributed by atoms with Crippen molar-refractivity contribution in [1.82, 2.24) is 19.8 Å². The van der Waals surface area contributed by atoms with Crippen LogP contribution >= 0.6 is 22.9 Å². The predicted octanol–water partition coefficient (Wildman–Crippen LogP) is 5.58. The van der Waals surface area contributed by atoms with Crippen LogP contribution in [-0.2, 0) is 11.3 Å². The van der Waals surface area contributed by atoms with E-state index in [4.69, 9.17) is 21.1 Å². The molecule has 1 N–H and O–H groups in total. The minimum Gasteiger partial charge on any atom is -0.475 e. The SMILES string of the molecule is COCCOc1cc2cc(C(=O)NC3CCN(C(C)C)CC3)n(Cc3cc4ccc(Cl)cc4s3)c2cn1. The Hall–Kier alpha value is -2.65. The highest BCUT2D eigenvalue weighted by Gasteiger charge is 2.25. The third-order valence-electron chi connectivity index (χ3n) is 6.97. The van der Waals surface area contributed by atoms with E-state index >= 15 is 0 Å². The van der Waals surface area contributed by atoms with Crippen molar-refractivity contribution in [3.8, 4) is 5.88 Å². The maximum atomic E-state index is 13.6. The molecule has 0 bridgehead atoms. The number of fused-ring (bicyclic) bond motifs is 2. The molecule has 5 rings (SSSR count). The van der Waals surface area contributed by atoms with Crippen LogP contribution in [-0.4, -0.2) is 65.9 Å². The topological polar surface area (TPSA) is 68.6 Å². The number of piperidine rings is 1. The van der Waals surface area contributed by atoms with Crippen LogP contribution < -0.4 is 10.1 Å². The zero-order valence-corrected chi connectivity index (χ0v) is 23.1. The van der Waals surface area contributed by atoms with Crippen molar-refractivity contribution in [2.45, 2.75) is 45.3 Å². The summed E-state index contributed by atoms with van der Waals surface area (Å²) in [7, 11) is 1.64. The third-order valence-corrected chi connectivity index (χ3v) is 8.29. The van der Waals surface area contributed by atoms with Gasteiger partial charge in [-0.15, -0.1) is 11.3 Å². The number of likely N-dealkylation sites (tertiary alicyclic amines) is 1. The zero-order chi connectivity index (χ0) is 25.9. The van der Waals surface area contributed by atoms with Gasteiger partial charge in [0.25, 0.3) is 5.91 Å². The van der Waals surface area contributed by atoms with Gasteiger partial charge in [0.1, 0.15) is 12.3 Å². The molecule has 4 aromatic rings. The van der Waals surface area contributed by atoms with Crippen LogP contribution in [0.15, 0.2) is 42.6 Å². The molecule has 0 aliphatic carbocycles. The average molecular weight is 541 g/mol. The molecular formula is C28H33ClN4O3S. The van der Waals surface area contributed by atoms with Gasteiger partial charge < -0.3 is 24.3 Å². The van der Waals surface area contributed by atoms with E-state index in [0.717, 1.165) is 56.8 Å². The highest BCUT2D eigenvalue weighted by atomic mass is 35.5. The molecule has 9 heteroatoms. The molecule has 0 spiro atoms. The number of rotatable bonds is 9. The molecule has 0 saturated carbocycles. The van der Waals surface area contributed by atoms with Crippen molar-refractivity contribution in [2.24, 2.45) is 0 Å². The molecule has 7 nitrogen and oxygen atoms in total. The molecule has 1 amide bonds. The van der Waals surface area contributed by atoms with Gasteiger partial charge in [-0.05, 0) is 56.3 Å². The first kappa shape index (κ1) is 26.0. The number of halogens is 1. The second kappa shape index (κ2) is 11.4. The molecule has 1 aromatic carbocycles. The number of benzene rings is 1. The first-order chi connectivity index (χ1) is 17.9. The largest absolute Gasteiger partial charge is 0.475 e. The van der Waals surface area contributed by atoms with Crippen LogP contribution in [0, 0.1) is 0 Å². The second-order valence-electron chi connectivity index (χ2n) is 9.81. The summed E-state index contributed by atoms with van der Waals surface area (Å²) in [5.74, 6) is 0.469. The summed E-state index contributed by atoms with van der Waals surface area (Å²) in [6.07, 6.45) is 3.71. The van der Waals surface area contributed by atoms with Gasteiger partial charge in [-0.3, -0.25) is 4.79 Å². The Balaban J connectivity index is 1.43. The number of nitrogens with zero attached hydrogens (tertiary/aromatic N) is 3. The monoisotopic (exact) mass is 540 g/mol. The van der Waals surface area contributed by atoms with Crippen molar-refractivity contribution in [1.29, 1.82) is 0 Å². The summed E-state index contributed by atoms with van der Waals surface area (Å²) in [5, 5.41) is 6.10. The van der Waals surface area contributed by atoms with Gasteiger partial charge in [0.15, 0.2) is 0 Å². The number of amides is 1. The van der Waals surface area contributed by atoms with Crippen LogP contribution in [0.4, 0.5) is 0 Å². The van der Waals surface area contributed by atoms with Gasteiger partial charge in [0.05, 0.1) is 24.9 Å². The van der Waals surface area contributed by atoms with Gasteiger partial charge in [-0.25, -0.2) is 4.98 Å². The molecule has 4 heterocycles. The number of nitrogens with one attached hydrogen (secondary N) is 1. The summed E-state index contributed by atoms with van der Waals surface area (Å²) in [4.78, 5) is 21.7. The first-order valence-electron chi connectivity index (χ1n) is 12.7.